The minimum atomic E-state index is -1.31. The van der Waals surface area contributed by atoms with Gasteiger partial charge in [0, 0.05) is 35.4 Å². The number of hydrogen-bond acceptors (Lipinski definition) is 7. The molecule has 9 heteroatoms. The molecule has 1 N–H and O–H groups in total. The van der Waals surface area contributed by atoms with Crippen molar-refractivity contribution in [3.63, 3.8) is 0 Å². The molecule has 0 saturated carbocycles. The standard InChI is InChI=1S/C8H6N2O3.C7H5NO3.C2H6/c9-5-8(11)6-2-1-3-7(4-6)10(12)13;9-5-6-2-1-3-7(4-6)8(10)11;1-2/h1-4,8,11H;1-5H;1-2H3. The second kappa shape index (κ2) is 11.8. The number of nitro groups is 2. The molecular formula is C17H17N3O6. The number of rotatable bonds is 4. The van der Waals surface area contributed by atoms with E-state index in [0.29, 0.717) is 11.8 Å². The van der Waals surface area contributed by atoms with Crippen LogP contribution in [-0.2, 0) is 0 Å². The van der Waals surface area contributed by atoms with Gasteiger partial charge in [-0.15, -0.1) is 0 Å². The quantitative estimate of drug-likeness (QED) is 0.379. The van der Waals surface area contributed by atoms with Crippen molar-refractivity contribution in [2.45, 2.75) is 20.0 Å². The van der Waals surface area contributed by atoms with Crippen molar-refractivity contribution in [1.29, 1.82) is 5.26 Å². The molecule has 9 nitrogen and oxygen atoms in total. The third-order valence-corrected chi connectivity index (χ3v) is 2.74. The minimum absolute atomic E-state index is 0.0606. The van der Waals surface area contributed by atoms with Crippen molar-refractivity contribution in [2.24, 2.45) is 0 Å². The molecule has 26 heavy (non-hydrogen) atoms. The first-order chi connectivity index (χ1) is 12.4. The third kappa shape index (κ3) is 7.29. The molecule has 0 amide bonds. The van der Waals surface area contributed by atoms with Gasteiger partial charge in [0.1, 0.15) is 6.29 Å². The summed E-state index contributed by atoms with van der Waals surface area (Å²) in [5.41, 5.74) is 0.359. The molecule has 0 aliphatic heterocycles. The number of aldehydes is 1. The fourth-order valence-electron chi connectivity index (χ4n) is 1.59. The lowest BCUT2D eigenvalue weighted by molar-refractivity contribution is -0.385. The Morgan fingerprint density at radius 3 is 2.00 bits per heavy atom. The summed E-state index contributed by atoms with van der Waals surface area (Å²) in [5, 5.41) is 37.9. The van der Waals surface area contributed by atoms with Crippen molar-refractivity contribution < 1.29 is 19.7 Å². The van der Waals surface area contributed by atoms with Gasteiger partial charge in [-0.25, -0.2) is 0 Å². The van der Waals surface area contributed by atoms with Gasteiger partial charge in [-0.2, -0.15) is 5.26 Å². The molecule has 1 atom stereocenters. The summed E-state index contributed by atoms with van der Waals surface area (Å²) in [6.45, 7) is 4.00. The predicted octanol–water partition coefficient (Wildman–Crippen LogP) is 3.59. The van der Waals surface area contributed by atoms with Crippen LogP contribution in [0.1, 0.15) is 35.9 Å². The second-order valence-corrected chi connectivity index (χ2v) is 4.35. The van der Waals surface area contributed by atoms with Crippen LogP contribution in [-0.4, -0.2) is 21.2 Å². The number of carbonyl (C=O) groups is 1. The maximum atomic E-state index is 10.3. The van der Waals surface area contributed by atoms with E-state index in [1.165, 1.54) is 48.5 Å². The van der Waals surface area contributed by atoms with Crippen LogP contribution in [0.15, 0.2) is 48.5 Å². The van der Waals surface area contributed by atoms with Gasteiger partial charge in [-0.05, 0) is 0 Å². The number of carbonyl (C=O) groups excluding carboxylic acids is 1. The molecule has 0 heterocycles. The van der Waals surface area contributed by atoms with Gasteiger partial charge in [0.15, 0.2) is 6.10 Å². The molecular weight excluding hydrogens is 342 g/mol. The topological polar surface area (TPSA) is 147 Å². The molecule has 0 spiro atoms. The lowest BCUT2D eigenvalue weighted by Gasteiger charge is -2.00. The van der Waals surface area contributed by atoms with Crippen LogP contribution in [0.5, 0.6) is 0 Å². The highest BCUT2D eigenvalue weighted by atomic mass is 16.6. The summed E-state index contributed by atoms with van der Waals surface area (Å²) in [5.74, 6) is 0. The highest BCUT2D eigenvalue weighted by Crippen LogP contribution is 2.18. The molecule has 0 fully saturated rings. The Hall–Kier alpha value is -3.64. The number of aliphatic hydroxyl groups excluding tert-OH is 1. The fraction of sp³-hybridized carbons (Fsp3) is 0.176. The van der Waals surface area contributed by atoms with Crippen molar-refractivity contribution in [3.05, 3.63) is 79.9 Å². The number of nitrogens with zero attached hydrogens (tertiary/aromatic N) is 3. The number of nitro benzene ring substituents is 2. The first-order valence-electron chi connectivity index (χ1n) is 7.40. The van der Waals surface area contributed by atoms with Crippen LogP contribution < -0.4 is 0 Å². The van der Waals surface area contributed by atoms with E-state index in [9.17, 15) is 25.0 Å². The summed E-state index contributed by atoms with van der Waals surface area (Å²) in [6, 6.07) is 12.5. The van der Waals surface area contributed by atoms with Gasteiger partial charge in [0.2, 0.25) is 0 Å². The van der Waals surface area contributed by atoms with Gasteiger partial charge in [-0.3, -0.25) is 25.0 Å². The fourth-order valence-corrected chi connectivity index (χ4v) is 1.59. The summed E-state index contributed by atoms with van der Waals surface area (Å²) >= 11 is 0. The molecule has 0 aromatic heterocycles. The third-order valence-electron chi connectivity index (χ3n) is 2.74. The molecule has 2 aromatic carbocycles. The van der Waals surface area contributed by atoms with Crippen LogP contribution in [0.2, 0.25) is 0 Å². The van der Waals surface area contributed by atoms with Crippen LogP contribution in [0, 0.1) is 31.6 Å². The van der Waals surface area contributed by atoms with Gasteiger partial charge < -0.3 is 5.11 Å². The number of non-ortho nitro benzene ring substituents is 2. The maximum absolute atomic E-state index is 10.3. The van der Waals surface area contributed by atoms with Gasteiger partial charge in [-0.1, -0.05) is 38.1 Å². The Labute approximate surface area is 149 Å². The zero-order valence-corrected chi connectivity index (χ0v) is 14.1. The molecule has 0 radical (unpaired) electrons. The van der Waals surface area contributed by atoms with Crippen LogP contribution >= 0.6 is 0 Å². The number of benzene rings is 2. The molecule has 1 unspecified atom stereocenters. The van der Waals surface area contributed by atoms with E-state index in [1.807, 2.05) is 13.8 Å². The van der Waals surface area contributed by atoms with E-state index in [0.717, 1.165) is 0 Å². The summed E-state index contributed by atoms with van der Waals surface area (Å²) in [6.07, 6.45) is -0.729. The first kappa shape index (κ1) is 22.4. The highest BCUT2D eigenvalue weighted by Gasteiger charge is 2.10. The van der Waals surface area contributed by atoms with Crippen LogP contribution in [0.3, 0.4) is 0 Å². The Balaban J connectivity index is 0.000000444. The van der Waals surface area contributed by atoms with Crippen molar-refractivity contribution in [2.75, 3.05) is 0 Å². The Bertz CT molecular complexity index is 801. The predicted molar refractivity (Wildman–Crippen MR) is 93.5 cm³/mol. The average molecular weight is 359 g/mol. The van der Waals surface area contributed by atoms with Gasteiger partial charge in [0.25, 0.3) is 11.4 Å². The molecule has 136 valence electrons. The van der Waals surface area contributed by atoms with Crippen molar-refractivity contribution in [1.82, 2.24) is 0 Å². The lowest BCUT2D eigenvalue weighted by Crippen LogP contribution is -1.95. The molecule has 2 rings (SSSR count). The van der Waals surface area contributed by atoms with E-state index < -0.39 is 16.0 Å². The van der Waals surface area contributed by atoms with Gasteiger partial charge >= 0.3 is 0 Å². The van der Waals surface area contributed by atoms with E-state index >= 15 is 0 Å². The smallest absolute Gasteiger partial charge is 0.270 e. The Morgan fingerprint density at radius 2 is 1.54 bits per heavy atom. The van der Waals surface area contributed by atoms with E-state index in [4.69, 9.17) is 10.4 Å². The van der Waals surface area contributed by atoms with E-state index in [2.05, 4.69) is 0 Å². The molecule has 0 aliphatic carbocycles. The van der Waals surface area contributed by atoms with Gasteiger partial charge in [0.05, 0.1) is 15.9 Å². The molecule has 0 aliphatic rings. The van der Waals surface area contributed by atoms with E-state index in [-0.39, 0.29) is 16.9 Å². The molecule has 0 saturated heterocycles. The Kier molecular flexibility index (Phi) is 10.2. The second-order valence-electron chi connectivity index (χ2n) is 4.35. The van der Waals surface area contributed by atoms with E-state index in [1.54, 1.807) is 6.07 Å². The van der Waals surface area contributed by atoms with Crippen LogP contribution in [0.25, 0.3) is 0 Å². The number of hydrogen-bond donors (Lipinski definition) is 1. The number of nitriles is 1. The SMILES string of the molecule is CC.N#CC(O)c1cccc([N+](=O)[O-])c1.O=Cc1cccc([N+](=O)[O-])c1. The van der Waals surface area contributed by atoms with Crippen LogP contribution in [0.4, 0.5) is 11.4 Å². The first-order valence-corrected chi connectivity index (χ1v) is 7.40. The summed E-state index contributed by atoms with van der Waals surface area (Å²) in [4.78, 5) is 29.5. The zero-order valence-electron chi connectivity index (χ0n) is 14.1. The zero-order chi connectivity index (χ0) is 20.1. The van der Waals surface area contributed by atoms with Crippen molar-refractivity contribution >= 4 is 17.7 Å². The lowest BCUT2D eigenvalue weighted by atomic mass is 10.1. The number of aliphatic hydroxyl groups is 1. The minimum Gasteiger partial charge on any atom is -0.374 e. The largest absolute Gasteiger partial charge is 0.374 e. The summed E-state index contributed by atoms with van der Waals surface area (Å²) < 4.78 is 0. The summed E-state index contributed by atoms with van der Waals surface area (Å²) in [7, 11) is 0. The Morgan fingerprint density at radius 1 is 1.04 bits per heavy atom. The maximum Gasteiger partial charge on any atom is 0.270 e. The molecule has 0 bridgehead atoms. The molecule has 2 aromatic rings. The normalized spacial score (nSPS) is 9.92. The monoisotopic (exact) mass is 359 g/mol. The highest BCUT2D eigenvalue weighted by molar-refractivity contribution is 5.75. The average Bonchev–Trinajstić information content (AvgIpc) is 2.69. The van der Waals surface area contributed by atoms with Crippen molar-refractivity contribution in [3.8, 4) is 6.07 Å².